The normalized spacial score (nSPS) is 20.5. The van der Waals surface area contributed by atoms with Crippen LogP contribution in [0.5, 0.6) is 0 Å². The molecule has 0 aliphatic heterocycles. The quantitative estimate of drug-likeness (QED) is 0.799. The van der Waals surface area contributed by atoms with Crippen LogP contribution < -0.4 is 10.6 Å². The SMILES string of the molecule is CC(Nc1cnn(CC(=O)NC2CC2)c1)C1CC1. The fourth-order valence-corrected chi connectivity index (χ4v) is 2.15. The summed E-state index contributed by atoms with van der Waals surface area (Å²) < 4.78 is 1.69. The van der Waals surface area contributed by atoms with Gasteiger partial charge in [-0.2, -0.15) is 5.10 Å². The zero-order valence-corrected chi connectivity index (χ0v) is 10.7. The van der Waals surface area contributed by atoms with Gasteiger partial charge in [0.1, 0.15) is 6.54 Å². The van der Waals surface area contributed by atoms with Crippen molar-refractivity contribution in [2.75, 3.05) is 5.32 Å². The van der Waals surface area contributed by atoms with E-state index < -0.39 is 0 Å². The molecule has 1 amide bonds. The van der Waals surface area contributed by atoms with E-state index in [1.807, 2.05) is 6.20 Å². The second-order valence-corrected chi connectivity index (χ2v) is 5.54. The van der Waals surface area contributed by atoms with Crippen LogP contribution in [0.25, 0.3) is 0 Å². The minimum absolute atomic E-state index is 0.0578. The van der Waals surface area contributed by atoms with Crippen molar-refractivity contribution in [2.24, 2.45) is 5.92 Å². The number of aromatic nitrogens is 2. The Labute approximate surface area is 107 Å². The van der Waals surface area contributed by atoms with Crippen molar-refractivity contribution in [1.29, 1.82) is 0 Å². The highest BCUT2D eigenvalue weighted by atomic mass is 16.2. The summed E-state index contributed by atoms with van der Waals surface area (Å²) in [5.74, 6) is 0.869. The second-order valence-electron chi connectivity index (χ2n) is 5.54. The van der Waals surface area contributed by atoms with Crippen molar-refractivity contribution >= 4 is 11.6 Å². The number of carbonyl (C=O) groups excluding carboxylic acids is 1. The van der Waals surface area contributed by atoms with Crippen LogP contribution in [0.15, 0.2) is 12.4 Å². The van der Waals surface area contributed by atoms with Gasteiger partial charge in [0.05, 0.1) is 11.9 Å². The third kappa shape index (κ3) is 3.03. The molecular weight excluding hydrogens is 228 g/mol. The van der Waals surface area contributed by atoms with Crippen molar-refractivity contribution in [3.05, 3.63) is 12.4 Å². The molecule has 0 radical (unpaired) electrons. The third-order valence-electron chi connectivity index (χ3n) is 3.60. The second kappa shape index (κ2) is 4.63. The Bertz CT molecular complexity index is 434. The summed E-state index contributed by atoms with van der Waals surface area (Å²) in [6.07, 6.45) is 8.60. The van der Waals surface area contributed by atoms with E-state index >= 15 is 0 Å². The van der Waals surface area contributed by atoms with Crippen LogP contribution in [-0.4, -0.2) is 27.8 Å². The van der Waals surface area contributed by atoms with Crippen LogP contribution in [0.2, 0.25) is 0 Å². The van der Waals surface area contributed by atoms with E-state index in [1.54, 1.807) is 10.9 Å². The number of anilines is 1. The number of carbonyl (C=O) groups is 1. The van der Waals surface area contributed by atoms with E-state index in [1.165, 1.54) is 12.8 Å². The zero-order valence-electron chi connectivity index (χ0n) is 10.7. The van der Waals surface area contributed by atoms with Crippen molar-refractivity contribution in [3.8, 4) is 0 Å². The van der Waals surface area contributed by atoms with Gasteiger partial charge in [0.2, 0.25) is 5.91 Å². The van der Waals surface area contributed by atoms with Crippen LogP contribution >= 0.6 is 0 Å². The van der Waals surface area contributed by atoms with E-state index in [-0.39, 0.29) is 5.91 Å². The molecule has 2 aliphatic carbocycles. The molecule has 2 aliphatic rings. The lowest BCUT2D eigenvalue weighted by molar-refractivity contribution is -0.122. The first-order valence-corrected chi connectivity index (χ1v) is 6.79. The van der Waals surface area contributed by atoms with Crippen molar-refractivity contribution in [2.45, 2.75) is 51.2 Å². The summed E-state index contributed by atoms with van der Waals surface area (Å²) in [5, 5.41) is 10.6. The number of nitrogens with one attached hydrogen (secondary N) is 2. The van der Waals surface area contributed by atoms with Gasteiger partial charge in [-0.15, -0.1) is 0 Å². The molecule has 0 bridgehead atoms. The molecule has 3 rings (SSSR count). The molecule has 1 aromatic rings. The van der Waals surface area contributed by atoms with Gasteiger partial charge in [-0.1, -0.05) is 0 Å². The van der Waals surface area contributed by atoms with Gasteiger partial charge in [-0.05, 0) is 38.5 Å². The van der Waals surface area contributed by atoms with Crippen LogP contribution in [0, 0.1) is 5.92 Å². The predicted molar refractivity (Wildman–Crippen MR) is 69.2 cm³/mol. The Morgan fingerprint density at radius 1 is 1.50 bits per heavy atom. The third-order valence-corrected chi connectivity index (χ3v) is 3.60. The van der Waals surface area contributed by atoms with Gasteiger partial charge in [0.15, 0.2) is 0 Å². The van der Waals surface area contributed by atoms with Gasteiger partial charge in [-0.3, -0.25) is 9.48 Å². The molecule has 1 unspecified atom stereocenters. The Morgan fingerprint density at radius 2 is 2.28 bits per heavy atom. The Hall–Kier alpha value is -1.52. The van der Waals surface area contributed by atoms with Crippen LogP contribution in [0.4, 0.5) is 5.69 Å². The molecule has 1 aromatic heterocycles. The van der Waals surface area contributed by atoms with Gasteiger partial charge >= 0.3 is 0 Å². The molecule has 5 nitrogen and oxygen atoms in total. The summed E-state index contributed by atoms with van der Waals surface area (Å²) in [6.45, 7) is 2.52. The van der Waals surface area contributed by atoms with Gasteiger partial charge in [0, 0.05) is 18.3 Å². The standard InChI is InChI=1S/C13H20N4O/c1-9(10-2-3-10)15-12-6-14-17(7-12)8-13(18)16-11-4-5-11/h6-7,9-11,15H,2-5,8H2,1H3,(H,16,18). The first-order valence-electron chi connectivity index (χ1n) is 6.79. The summed E-state index contributed by atoms with van der Waals surface area (Å²) in [5.41, 5.74) is 1.01. The minimum atomic E-state index is 0.0578. The smallest absolute Gasteiger partial charge is 0.241 e. The Morgan fingerprint density at radius 3 is 2.94 bits per heavy atom. The topological polar surface area (TPSA) is 59.0 Å². The number of hydrogen-bond donors (Lipinski definition) is 2. The maximum atomic E-state index is 11.6. The molecule has 0 aromatic carbocycles. The molecule has 0 spiro atoms. The fraction of sp³-hybridized carbons (Fsp3) is 0.692. The number of rotatable bonds is 6. The molecule has 1 heterocycles. The lowest BCUT2D eigenvalue weighted by atomic mass is 10.2. The highest BCUT2D eigenvalue weighted by Gasteiger charge is 2.28. The first kappa shape index (κ1) is 11.6. The molecule has 0 saturated heterocycles. The predicted octanol–water partition coefficient (Wildman–Crippen LogP) is 1.37. The molecule has 2 fully saturated rings. The molecule has 1 atom stereocenters. The van der Waals surface area contributed by atoms with Gasteiger partial charge < -0.3 is 10.6 Å². The molecule has 5 heteroatoms. The van der Waals surface area contributed by atoms with E-state index in [2.05, 4.69) is 22.7 Å². The minimum Gasteiger partial charge on any atom is -0.380 e. The Balaban J connectivity index is 1.50. The lowest BCUT2D eigenvalue weighted by Gasteiger charge is -2.11. The largest absolute Gasteiger partial charge is 0.380 e. The highest BCUT2D eigenvalue weighted by molar-refractivity contribution is 5.76. The molecular formula is C13H20N4O. The lowest BCUT2D eigenvalue weighted by Crippen LogP contribution is -2.29. The monoisotopic (exact) mass is 248 g/mol. The van der Waals surface area contributed by atoms with Crippen molar-refractivity contribution in [1.82, 2.24) is 15.1 Å². The van der Waals surface area contributed by atoms with Crippen LogP contribution in [0.1, 0.15) is 32.6 Å². The Kier molecular flexibility index (Phi) is 2.97. The zero-order chi connectivity index (χ0) is 12.5. The molecule has 2 N–H and O–H groups in total. The summed E-state index contributed by atoms with van der Waals surface area (Å²) in [7, 11) is 0. The highest BCUT2D eigenvalue weighted by Crippen LogP contribution is 2.33. The van der Waals surface area contributed by atoms with Gasteiger partial charge in [-0.25, -0.2) is 0 Å². The van der Waals surface area contributed by atoms with E-state index in [0.29, 0.717) is 18.6 Å². The average molecular weight is 248 g/mol. The number of amides is 1. The fourth-order valence-electron chi connectivity index (χ4n) is 2.15. The van der Waals surface area contributed by atoms with E-state index in [9.17, 15) is 4.79 Å². The maximum absolute atomic E-state index is 11.6. The molecule has 2 saturated carbocycles. The average Bonchev–Trinajstić information content (AvgIpc) is 3.20. The number of nitrogens with zero attached hydrogens (tertiary/aromatic N) is 2. The number of hydrogen-bond acceptors (Lipinski definition) is 3. The first-order chi connectivity index (χ1) is 8.70. The van der Waals surface area contributed by atoms with Crippen molar-refractivity contribution in [3.63, 3.8) is 0 Å². The molecule has 18 heavy (non-hydrogen) atoms. The van der Waals surface area contributed by atoms with Crippen LogP contribution in [-0.2, 0) is 11.3 Å². The molecule has 98 valence electrons. The summed E-state index contributed by atoms with van der Waals surface area (Å²) in [6, 6.07) is 0.920. The van der Waals surface area contributed by atoms with E-state index in [0.717, 1.165) is 24.4 Å². The van der Waals surface area contributed by atoms with Crippen molar-refractivity contribution < 1.29 is 4.79 Å². The summed E-state index contributed by atoms with van der Waals surface area (Å²) >= 11 is 0. The maximum Gasteiger partial charge on any atom is 0.241 e. The van der Waals surface area contributed by atoms with Crippen LogP contribution in [0.3, 0.4) is 0 Å². The van der Waals surface area contributed by atoms with E-state index in [4.69, 9.17) is 0 Å². The van der Waals surface area contributed by atoms with Gasteiger partial charge in [0.25, 0.3) is 0 Å². The summed E-state index contributed by atoms with van der Waals surface area (Å²) in [4.78, 5) is 11.6.